The van der Waals surface area contributed by atoms with E-state index in [1.54, 1.807) is 30.5 Å². The number of aromatic nitrogens is 1. The zero-order valence-electron chi connectivity index (χ0n) is 15.3. The Morgan fingerprint density at radius 3 is 2.54 bits per heavy atom. The molecule has 0 radical (unpaired) electrons. The standard InChI is InChI=1S/C21H26N2O3/c1-3-23(4-2)15-18(24)16-26-19-11-8-17(9-12-19)10-13-21(25)20-7-5-6-14-22-20/h5-14,18,24H,3-4,15-16H2,1-2H3/b13-10+. The number of carbonyl (C=O) groups is 1. The Morgan fingerprint density at radius 1 is 1.19 bits per heavy atom. The quantitative estimate of drug-likeness (QED) is 0.525. The summed E-state index contributed by atoms with van der Waals surface area (Å²) in [7, 11) is 0. The zero-order chi connectivity index (χ0) is 18.8. The second kappa shape index (κ2) is 10.5. The van der Waals surface area contributed by atoms with Crippen molar-refractivity contribution in [3.05, 3.63) is 66.0 Å². The summed E-state index contributed by atoms with van der Waals surface area (Å²) < 4.78 is 5.63. The first-order chi connectivity index (χ1) is 12.6. The summed E-state index contributed by atoms with van der Waals surface area (Å²) in [5.41, 5.74) is 1.32. The predicted octanol–water partition coefficient (Wildman–Crippen LogP) is 3.06. The summed E-state index contributed by atoms with van der Waals surface area (Å²) in [6, 6.07) is 12.6. The maximum absolute atomic E-state index is 12.0. The summed E-state index contributed by atoms with van der Waals surface area (Å²) in [5, 5.41) is 10.0. The molecule has 0 amide bonds. The van der Waals surface area contributed by atoms with Gasteiger partial charge in [0.25, 0.3) is 0 Å². The van der Waals surface area contributed by atoms with E-state index in [4.69, 9.17) is 4.74 Å². The van der Waals surface area contributed by atoms with Gasteiger partial charge in [-0.05, 0) is 49.0 Å². The van der Waals surface area contributed by atoms with Crippen LogP contribution in [0, 0.1) is 0 Å². The molecule has 0 saturated heterocycles. The minimum absolute atomic E-state index is 0.134. The number of nitrogens with zero attached hydrogens (tertiary/aromatic N) is 2. The van der Waals surface area contributed by atoms with E-state index < -0.39 is 6.10 Å². The van der Waals surface area contributed by atoms with Crippen LogP contribution in [-0.2, 0) is 0 Å². The van der Waals surface area contributed by atoms with Crippen LogP contribution in [0.15, 0.2) is 54.7 Å². The molecule has 2 rings (SSSR count). The van der Waals surface area contributed by atoms with Crippen LogP contribution in [0.2, 0.25) is 0 Å². The van der Waals surface area contributed by atoms with Crippen molar-refractivity contribution in [2.45, 2.75) is 20.0 Å². The predicted molar refractivity (Wildman–Crippen MR) is 103 cm³/mol. The number of likely N-dealkylation sites (N-methyl/N-ethyl adjacent to an activating group) is 1. The molecule has 0 saturated carbocycles. The van der Waals surface area contributed by atoms with Crippen LogP contribution in [0.5, 0.6) is 5.75 Å². The molecule has 26 heavy (non-hydrogen) atoms. The van der Waals surface area contributed by atoms with E-state index in [1.165, 1.54) is 6.08 Å². The summed E-state index contributed by atoms with van der Waals surface area (Å²) >= 11 is 0. The van der Waals surface area contributed by atoms with Crippen LogP contribution in [-0.4, -0.2) is 53.1 Å². The van der Waals surface area contributed by atoms with E-state index in [0.717, 1.165) is 18.7 Å². The topological polar surface area (TPSA) is 62.7 Å². The number of rotatable bonds is 10. The molecule has 0 aliphatic heterocycles. The van der Waals surface area contributed by atoms with Crippen LogP contribution in [0.1, 0.15) is 29.9 Å². The van der Waals surface area contributed by atoms with Crippen molar-refractivity contribution in [2.75, 3.05) is 26.2 Å². The molecule has 0 spiro atoms. The highest BCUT2D eigenvalue weighted by Crippen LogP contribution is 2.14. The van der Waals surface area contributed by atoms with Crippen molar-refractivity contribution >= 4 is 11.9 Å². The number of ketones is 1. The van der Waals surface area contributed by atoms with E-state index in [0.29, 0.717) is 18.0 Å². The number of aliphatic hydroxyl groups excluding tert-OH is 1. The second-order valence-electron chi connectivity index (χ2n) is 5.93. The Labute approximate surface area is 154 Å². The second-order valence-corrected chi connectivity index (χ2v) is 5.93. The average molecular weight is 354 g/mol. The van der Waals surface area contributed by atoms with Crippen molar-refractivity contribution in [2.24, 2.45) is 0 Å². The highest BCUT2D eigenvalue weighted by molar-refractivity contribution is 6.05. The maximum atomic E-state index is 12.0. The van der Waals surface area contributed by atoms with Crippen LogP contribution in [0.4, 0.5) is 0 Å². The first kappa shape index (κ1) is 19.8. The Balaban J connectivity index is 1.84. The molecule has 2 aromatic rings. The highest BCUT2D eigenvalue weighted by atomic mass is 16.5. The number of aliphatic hydroxyl groups is 1. The third-order valence-corrected chi connectivity index (χ3v) is 4.03. The van der Waals surface area contributed by atoms with Gasteiger partial charge in [0.1, 0.15) is 24.2 Å². The minimum atomic E-state index is -0.523. The Kier molecular flexibility index (Phi) is 7.99. The molecule has 5 nitrogen and oxygen atoms in total. The Morgan fingerprint density at radius 2 is 1.92 bits per heavy atom. The smallest absolute Gasteiger partial charge is 0.204 e. The van der Waals surface area contributed by atoms with Crippen molar-refractivity contribution in [1.29, 1.82) is 0 Å². The van der Waals surface area contributed by atoms with Crippen LogP contribution in [0.25, 0.3) is 6.08 Å². The molecule has 1 N–H and O–H groups in total. The molecule has 0 aliphatic carbocycles. The molecule has 138 valence electrons. The molecule has 1 unspecified atom stereocenters. The highest BCUT2D eigenvalue weighted by Gasteiger charge is 2.09. The number of benzene rings is 1. The van der Waals surface area contributed by atoms with Gasteiger partial charge >= 0.3 is 0 Å². The van der Waals surface area contributed by atoms with Crippen molar-refractivity contribution in [3.8, 4) is 5.75 Å². The van der Waals surface area contributed by atoms with Gasteiger partial charge in [-0.15, -0.1) is 0 Å². The van der Waals surface area contributed by atoms with E-state index in [-0.39, 0.29) is 12.4 Å². The first-order valence-electron chi connectivity index (χ1n) is 8.89. The van der Waals surface area contributed by atoms with E-state index >= 15 is 0 Å². The van der Waals surface area contributed by atoms with Gasteiger partial charge in [-0.3, -0.25) is 9.78 Å². The molecule has 0 fully saturated rings. The fraction of sp³-hybridized carbons (Fsp3) is 0.333. The van der Waals surface area contributed by atoms with Gasteiger partial charge < -0.3 is 14.7 Å². The lowest BCUT2D eigenvalue weighted by Gasteiger charge is -2.21. The SMILES string of the molecule is CCN(CC)CC(O)COc1ccc(/C=C/C(=O)c2ccccn2)cc1. The van der Waals surface area contributed by atoms with Gasteiger partial charge in [0.05, 0.1) is 0 Å². The molecular weight excluding hydrogens is 328 g/mol. The molecule has 1 atom stereocenters. The third-order valence-electron chi connectivity index (χ3n) is 4.03. The fourth-order valence-electron chi connectivity index (χ4n) is 2.47. The summed E-state index contributed by atoms with van der Waals surface area (Å²) in [6.07, 6.45) is 4.33. The zero-order valence-corrected chi connectivity index (χ0v) is 15.3. The minimum Gasteiger partial charge on any atom is -0.491 e. The van der Waals surface area contributed by atoms with Gasteiger partial charge in [-0.25, -0.2) is 0 Å². The molecule has 1 heterocycles. The summed E-state index contributed by atoms with van der Waals surface area (Å²) in [4.78, 5) is 18.2. The number of pyridine rings is 1. The normalized spacial score (nSPS) is 12.5. The van der Waals surface area contributed by atoms with Crippen molar-refractivity contribution in [1.82, 2.24) is 9.88 Å². The van der Waals surface area contributed by atoms with Gasteiger partial charge in [0.2, 0.25) is 5.78 Å². The lowest BCUT2D eigenvalue weighted by molar-refractivity contribution is 0.0716. The fourth-order valence-corrected chi connectivity index (χ4v) is 2.47. The van der Waals surface area contributed by atoms with E-state index in [9.17, 15) is 9.90 Å². The lowest BCUT2D eigenvalue weighted by atomic mass is 10.1. The molecule has 0 aliphatic rings. The van der Waals surface area contributed by atoms with Gasteiger partial charge in [0, 0.05) is 12.7 Å². The van der Waals surface area contributed by atoms with Gasteiger partial charge in [-0.1, -0.05) is 38.1 Å². The van der Waals surface area contributed by atoms with E-state index in [1.807, 2.05) is 24.3 Å². The number of hydrogen-bond acceptors (Lipinski definition) is 5. The van der Waals surface area contributed by atoms with E-state index in [2.05, 4.69) is 23.7 Å². The van der Waals surface area contributed by atoms with Crippen LogP contribution >= 0.6 is 0 Å². The van der Waals surface area contributed by atoms with Crippen molar-refractivity contribution < 1.29 is 14.6 Å². The molecular formula is C21H26N2O3. The van der Waals surface area contributed by atoms with Crippen LogP contribution < -0.4 is 4.74 Å². The van der Waals surface area contributed by atoms with Gasteiger partial charge in [0.15, 0.2) is 0 Å². The summed E-state index contributed by atoms with van der Waals surface area (Å²) in [6.45, 7) is 6.81. The average Bonchev–Trinajstić information content (AvgIpc) is 2.70. The first-order valence-corrected chi connectivity index (χ1v) is 8.89. The molecule has 5 heteroatoms. The van der Waals surface area contributed by atoms with Gasteiger partial charge in [-0.2, -0.15) is 0 Å². The lowest BCUT2D eigenvalue weighted by Crippen LogP contribution is -2.35. The summed E-state index contributed by atoms with van der Waals surface area (Å²) in [5.74, 6) is 0.558. The number of hydrogen-bond donors (Lipinski definition) is 1. The largest absolute Gasteiger partial charge is 0.491 e. The maximum Gasteiger partial charge on any atom is 0.204 e. The number of carbonyl (C=O) groups excluding carboxylic acids is 1. The van der Waals surface area contributed by atoms with Crippen molar-refractivity contribution in [3.63, 3.8) is 0 Å². The number of ether oxygens (including phenoxy) is 1. The Hall–Kier alpha value is -2.50. The Bertz CT molecular complexity index is 695. The molecule has 1 aromatic heterocycles. The third kappa shape index (κ3) is 6.43. The van der Waals surface area contributed by atoms with Crippen LogP contribution in [0.3, 0.4) is 0 Å². The molecule has 1 aromatic carbocycles. The molecule has 0 bridgehead atoms. The monoisotopic (exact) mass is 354 g/mol. The number of allylic oxidation sites excluding steroid dienone is 1.